The van der Waals surface area contributed by atoms with Gasteiger partial charge in [-0.15, -0.1) is 0 Å². The number of hydrogen-bond donors (Lipinski definition) is 0. The third kappa shape index (κ3) is 5.01. The Balaban J connectivity index is 1.76. The van der Waals surface area contributed by atoms with Crippen molar-refractivity contribution in [2.45, 2.75) is 13.1 Å². The maximum atomic E-state index is 10.7. The number of benzene rings is 3. The van der Waals surface area contributed by atoms with Gasteiger partial charge in [-0.2, -0.15) is 5.10 Å². The molecule has 3 aromatic carbocycles. The molecule has 0 aromatic heterocycles. The Morgan fingerprint density at radius 3 is 1.77 bits per heavy atom. The Morgan fingerprint density at radius 1 is 0.808 bits per heavy atom. The highest BCUT2D eigenvalue weighted by atomic mass is 16.6. The maximum Gasteiger partial charge on any atom is 0.269 e. The lowest BCUT2D eigenvalue weighted by atomic mass is 10.2. The predicted molar refractivity (Wildman–Crippen MR) is 103 cm³/mol. The zero-order valence-electron chi connectivity index (χ0n) is 14.2. The molecule has 0 radical (unpaired) electrons. The fraction of sp³-hybridized carbons (Fsp3) is 0.0952. The van der Waals surface area contributed by atoms with Crippen molar-refractivity contribution in [2.75, 3.05) is 0 Å². The minimum atomic E-state index is -0.405. The van der Waals surface area contributed by atoms with Crippen LogP contribution in [0.4, 0.5) is 5.69 Å². The van der Waals surface area contributed by atoms with E-state index in [1.54, 1.807) is 18.3 Å². The summed E-state index contributed by atoms with van der Waals surface area (Å²) in [7, 11) is 0. The number of nitro groups is 1. The van der Waals surface area contributed by atoms with E-state index in [9.17, 15) is 10.1 Å². The highest BCUT2D eigenvalue weighted by molar-refractivity contribution is 5.79. The summed E-state index contributed by atoms with van der Waals surface area (Å²) in [6.07, 6.45) is 1.73. The van der Waals surface area contributed by atoms with Crippen molar-refractivity contribution in [3.8, 4) is 0 Å². The van der Waals surface area contributed by atoms with Crippen LogP contribution in [0.15, 0.2) is 90.0 Å². The molecular weight excluding hydrogens is 326 g/mol. The average Bonchev–Trinajstić information content (AvgIpc) is 2.68. The normalized spacial score (nSPS) is 10.8. The molecule has 0 saturated heterocycles. The first-order chi connectivity index (χ1) is 12.7. The Labute approximate surface area is 152 Å². The van der Waals surface area contributed by atoms with E-state index < -0.39 is 4.92 Å². The van der Waals surface area contributed by atoms with E-state index in [4.69, 9.17) is 0 Å². The maximum absolute atomic E-state index is 10.7. The monoisotopic (exact) mass is 345 g/mol. The van der Waals surface area contributed by atoms with Crippen LogP contribution < -0.4 is 0 Å². The van der Waals surface area contributed by atoms with Crippen molar-refractivity contribution in [1.29, 1.82) is 0 Å². The third-order valence-corrected chi connectivity index (χ3v) is 3.89. The molecule has 0 spiro atoms. The summed E-state index contributed by atoms with van der Waals surface area (Å²) in [5.74, 6) is 0. The molecule has 0 heterocycles. The predicted octanol–water partition coefficient (Wildman–Crippen LogP) is 4.63. The largest absolute Gasteiger partial charge is 0.288 e. The minimum Gasteiger partial charge on any atom is -0.288 e. The summed E-state index contributed by atoms with van der Waals surface area (Å²) in [5, 5.41) is 17.3. The smallest absolute Gasteiger partial charge is 0.269 e. The number of non-ortho nitro benzene ring substituents is 1. The van der Waals surface area contributed by atoms with Crippen molar-refractivity contribution in [3.05, 3.63) is 112 Å². The van der Waals surface area contributed by atoms with Gasteiger partial charge in [0.05, 0.1) is 24.2 Å². The summed E-state index contributed by atoms with van der Waals surface area (Å²) in [6, 6.07) is 26.7. The standard InChI is InChI=1S/C21H19N3O2/c25-24(26)21-13-11-18(12-14-21)15-22-23(16-19-7-3-1-4-8-19)17-20-9-5-2-6-10-20/h1-15H,16-17H2/b22-15+. The second-order valence-corrected chi connectivity index (χ2v) is 5.89. The van der Waals surface area contributed by atoms with Gasteiger partial charge in [-0.3, -0.25) is 15.1 Å². The van der Waals surface area contributed by atoms with Gasteiger partial charge in [0.25, 0.3) is 5.69 Å². The molecule has 0 N–H and O–H groups in total. The van der Waals surface area contributed by atoms with Gasteiger partial charge in [0, 0.05) is 12.1 Å². The van der Waals surface area contributed by atoms with E-state index in [1.165, 1.54) is 23.3 Å². The molecule has 26 heavy (non-hydrogen) atoms. The number of nitrogens with zero attached hydrogens (tertiary/aromatic N) is 3. The quantitative estimate of drug-likeness (QED) is 0.356. The summed E-state index contributed by atoms with van der Waals surface area (Å²) in [6.45, 7) is 1.36. The number of hydrogen-bond acceptors (Lipinski definition) is 4. The lowest BCUT2D eigenvalue weighted by molar-refractivity contribution is -0.384. The van der Waals surface area contributed by atoms with Crippen LogP contribution in [0.25, 0.3) is 0 Å². The van der Waals surface area contributed by atoms with E-state index in [2.05, 4.69) is 29.4 Å². The first-order valence-corrected chi connectivity index (χ1v) is 8.32. The SMILES string of the molecule is O=[N+]([O-])c1ccc(/C=N/N(Cc2ccccc2)Cc2ccccc2)cc1. The van der Waals surface area contributed by atoms with Gasteiger partial charge in [-0.05, 0) is 28.8 Å². The number of hydrazone groups is 1. The van der Waals surface area contributed by atoms with Gasteiger partial charge in [0.15, 0.2) is 0 Å². The van der Waals surface area contributed by atoms with Crippen LogP contribution in [-0.2, 0) is 13.1 Å². The van der Waals surface area contributed by atoms with Gasteiger partial charge in [-0.25, -0.2) is 0 Å². The van der Waals surface area contributed by atoms with Crippen LogP contribution in [0.3, 0.4) is 0 Å². The molecule has 0 fully saturated rings. The van der Waals surface area contributed by atoms with Gasteiger partial charge in [-0.1, -0.05) is 60.7 Å². The third-order valence-electron chi connectivity index (χ3n) is 3.89. The molecule has 0 aliphatic rings. The molecule has 0 amide bonds. The lowest BCUT2D eigenvalue weighted by Gasteiger charge is -2.19. The van der Waals surface area contributed by atoms with Crippen molar-refractivity contribution >= 4 is 11.9 Å². The Bertz CT molecular complexity index is 821. The van der Waals surface area contributed by atoms with Crippen LogP contribution in [0.5, 0.6) is 0 Å². The molecule has 0 unspecified atom stereocenters. The Hall–Kier alpha value is -3.47. The van der Waals surface area contributed by atoms with E-state index in [1.807, 2.05) is 41.4 Å². The van der Waals surface area contributed by atoms with Crippen LogP contribution in [0, 0.1) is 10.1 Å². The summed E-state index contributed by atoms with van der Waals surface area (Å²) in [5.41, 5.74) is 3.24. The van der Waals surface area contributed by atoms with Crippen LogP contribution in [-0.4, -0.2) is 16.1 Å². The van der Waals surface area contributed by atoms with E-state index in [0.29, 0.717) is 13.1 Å². The molecule has 0 bridgehead atoms. The van der Waals surface area contributed by atoms with Crippen molar-refractivity contribution in [2.24, 2.45) is 5.10 Å². The molecule has 0 saturated carbocycles. The Kier molecular flexibility index (Phi) is 5.72. The van der Waals surface area contributed by atoms with Gasteiger partial charge < -0.3 is 0 Å². The van der Waals surface area contributed by atoms with Gasteiger partial charge in [0.2, 0.25) is 0 Å². The number of rotatable bonds is 7. The summed E-state index contributed by atoms with van der Waals surface area (Å²) < 4.78 is 0. The van der Waals surface area contributed by atoms with Gasteiger partial charge >= 0.3 is 0 Å². The van der Waals surface area contributed by atoms with Crippen LogP contribution >= 0.6 is 0 Å². The fourth-order valence-electron chi connectivity index (χ4n) is 2.56. The molecule has 5 heteroatoms. The van der Waals surface area contributed by atoms with E-state index in [-0.39, 0.29) is 5.69 Å². The molecule has 0 atom stereocenters. The Morgan fingerprint density at radius 2 is 1.31 bits per heavy atom. The average molecular weight is 345 g/mol. The molecule has 5 nitrogen and oxygen atoms in total. The highest BCUT2D eigenvalue weighted by Crippen LogP contribution is 2.13. The zero-order chi connectivity index (χ0) is 18.2. The van der Waals surface area contributed by atoms with Crippen molar-refractivity contribution < 1.29 is 4.92 Å². The molecule has 130 valence electrons. The van der Waals surface area contributed by atoms with E-state index in [0.717, 1.165) is 5.56 Å². The number of nitro benzene ring substituents is 1. The summed E-state index contributed by atoms with van der Waals surface area (Å²) >= 11 is 0. The van der Waals surface area contributed by atoms with Crippen molar-refractivity contribution in [1.82, 2.24) is 5.01 Å². The topological polar surface area (TPSA) is 58.7 Å². The van der Waals surface area contributed by atoms with Crippen LogP contribution in [0.1, 0.15) is 16.7 Å². The molecule has 3 rings (SSSR count). The van der Waals surface area contributed by atoms with Gasteiger partial charge in [0.1, 0.15) is 0 Å². The lowest BCUT2D eigenvalue weighted by Crippen LogP contribution is -2.17. The molecule has 3 aromatic rings. The first-order valence-electron chi connectivity index (χ1n) is 8.32. The highest BCUT2D eigenvalue weighted by Gasteiger charge is 2.05. The zero-order valence-corrected chi connectivity index (χ0v) is 14.2. The fourth-order valence-corrected chi connectivity index (χ4v) is 2.56. The van der Waals surface area contributed by atoms with E-state index >= 15 is 0 Å². The molecule has 0 aliphatic heterocycles. The van der Waals surface area contributed by atoms with Crippen molar-refractivity contribution in [3.63, 3.8) is 0 Å². The van der Waals surface area contributed by atoms with Crippen LogP contribution in [0.2, 0.25) is 0 Å². The minimum absolute atomic E-state index is 0.0765. The second kappa shape index (κ2) is 8.58. The summed E-state index contributed by atoms with van der Waals surface area (Å²) in [4.78, 5) is 10.3. The first kappa shape index (κ1) is 17.4. The second-order valence-electron chi connectivity index (χ2n) is 5.89. The molecular formula is C21H19N3O2. The molecule has 0 aliphatic carbocycles.